The molecule has 0 aliphatic rings. The monoisotopic (exact) mass is 140 g/mol. The minimum Gasteiger partial charge on any atom is -0.450 e. The van der Waals surface area contributed by atoms with E-state index < -0.39 is 5.82 Å². The van der Waals surface area contributed by atoms with Crippen LogP contribution < -0.4 is 10.6 Å². The van der Waals surface area contributed by atoms with Crippen LogP contribution >= 0.6 is 0 Å². The van der Waals surface area contributed by atoms with E-state index in [2.05, 4.69) is 19.5 Å². The summed E-state index contributed by atoms with van der Waals surface area (Å²) in [4.78, 5) is 10.2. The average Bonchev–Trinajstić information content (AvgIpc) is 2.31. The van der Waals surface area contributed by atoms with Crippen molar-refractivity contribution in [2.24, 2.45) is 0 Å². The van der Waals surface area contributed by atoms with Gasteiger partial charge in [0.25, 0.3) is 0 Å². The summed E-state index contributed by atoms with van der Waals surface area (Å²) < 4.78 is 13.3. The number of rotatable bonds is 2. The molecule has 0 N–H and O–H groups in total. The molecule has 0 saturated carbocycles. The average molecular weight is 140 g/mol. The van der Waals surface area contributed by atoms with Crippen LogP contribution in [0.1, 0.15) is 0 Å². The van der Waals surface area contributed by atoms with Crippen molar-refractivity contribution in [1.29, 1.82) is 0 Å². The minimum atomic E-state index is -0.799. The van der Waals surface area contributed by atoms with E-state index in [4.69, 9.17) is 6.42 Å². The van der Waals surface area contributed by atoms with E-state index in [-0.39, 0.29) is 12.6 Å². The highest BCUT2D eigenvalue weighted by atomic mass is 16.7. The number of hydrogen-bond acceptors (Lipinski definition) is 4. The highest BCUT2D eigenvalue weighted by Crippen LogP contribution is 2.04. The second kappa shape index (κ2) is 2.78. The van der Waals surface area contributed by atoms with Crippen LogP contribution in [0.3, 0.4) is 0 Å². The van der Waals surface area contributed by atoms with E-state index in [0.717, 1.165) is 6.26 Å². The fraction of sp³-hybridized carbons (Fsp3) is 0.167. The zero-order chi connectivity index (χ0) is 7.40. The number of ether oxygens (including phenoxy) is 1. The Hall–Kier alpha value is -1.63. The third-order valence-corrected chi connectivity index (χ3v) is 0.733. The molecule has 0 aliphatic carbocycles. The summed E-state index contributed by atoms with van der Waals surface area (Å²) in [6.45, 7) is 0.0580. The molecule has 10 heavy (non-hydrogen) atoms. The summed E-state index contributed by atoms with van der Waals surface area (Å²) in [6.07, 6.45) is 5.91. The van der Waals surface area contributed by atoms with Crippen LogP contribution in [0.25, 0.3) is 0 Å². The summed E-state index contributed by atoms with van der Waals surface area (Å²) in [5, 5.41) is 0. The molecule has 0 radical (unpaired) electrons. The van der Waals surface area contributed by atoms with Crippen LogP contribution in [0.15, 0.2) is 19.9 Å². The van der Waals surface area contributed by atoms with Crippen molar-refractivity contribution in [2.75, 3.05) is 6.61 Å². The zero-order valence-electron chi connectivity index (χ0n) is 4.99. The molecule has 1 heterocycles. The van der Waals surface area contributed by atoms with Crippen molar-refractivity contribution < 1.29 is 13.6 Å². The van der Waals surface area contributed by atoms with Gasteiger partial charge in [0, 0.05) is 0 Å². The van der Waals surface area contributed by atoms with Gasteiger partial charge in [-0.3, -0.25) is 0 Å². The first kappa shape index (κ1) is 6.49. The molecule has 1 aromatic rings. The van der Waals surface area contributed by atoms with Gasteiger partial charge in [-0.2, -0.15) is 0 Å². The molecule has 0 spiro atoms. The molecule has 52 valence electrons. The molecule has 0 atom stereocenters. The van der Waals surface area contributed by atoms with Gasteiger partial charge in [0.2, 0.25) is 0 Å². The summed E-state index contributed by atoms with van der Waals surface area (Å²) in [6, 6.07) is 0. The van der Waals surface area contributed by atoms with Crippen molar-refractivity contribution in [3.05, 3.63) is 16.9 Å². The molecule has 4 heteroatoms. The standard InChI is InChI=1S/C6H4O4/c1-2-3-8-5-4-9-6(7)10-5/h1,4H,3H2. The lowest BCUT2D eigenvalue weighted by Crippen LogP contribution is -1.92. The Labute approximate surface area is 56.4 Å². The summed E-state index contributed by atoms with van der Waals surface area (Å²) in [5.41, 5.74) is 0. The molecule has 0 aromatic carbocycles. The van der Waals surface area contributed by atoms with Crippen molar-refractivity contribution in [2.45, 2.75) is 0 Å². The van der Waals surface area contributed by atoms with Gasteiger partial charge in [-0.1, -0.05) is 5.92 Å². The first-order valence-corrected chi connectivity index (χ1v) is 2.48. The molecule has 0 saturated heterocycles. The van der Waals surface area contributed by atoms with Gasteiger partial charge in [-0.15, -0.1) is 6.42 Å². The maximum atomic E-state index is 10.2. The van der Waals surface area contributed by atoms with E-state index in [9.17, 15) is 4.79 Å². The van der Waals surface area contributed by atoms with Crippen LogP contribution in [0.5, 0.6) is 5.95 Å². The quantitative estimate of drug-likeness (QED) is 0.552. The second-order valence-corrected chi connectivity index (χ2v) is 1.40. The Morgan fingerprint density at radius 1 is 1.80 bits per heavy atom. The highest BCUT2D eigenvalue weighted by Gasteiger charge is 1.98. The summed E-state index contributed by atoms with van der Waals surface area (Å²) in [5.74, 6) is 1.40. The van der Waals surface area contributed by atoms with Crippen LogP contribution in [-0.4, -0.2) is 6.61 Å². The van der Waals surface area contributed by atoms with Gasteiger partial charge in [0.1, 0.15) is 0 Å². The molecule has 1 rings (SSSR count). The van der Waals surface area contributed by atoms with Crippen LogP contribution in [0.4, 0.5) is 0 Å². The Morgan fingerprint density at radius 3 is 3.10 bits per heavy atom. The Balaban J connectivity index is 2.61. The first-order valence-electron chi connectivity index (χ1n) is 2.48. The fourth-order valence-corrected chi connectivity index (χ4v) is 0.403. The van der Waals surface area contributed by atoms with Crippen molar-refractivity contribution >= 4 is 0 Å². The Kier molecular flexibility index (Phi) is 1.80. The van der Waals surface area contributed by atoms with Gasteiger partial charge < -0.3 is 13.6 Å². The number of hydrogen-bond donors (Lipinski definition) is 0. The molecule has 0 fully saturated rings. The molecule has 0 aliphatic heterocycles. The molecule has 0 amide bonds. The second-order valence-electron chi connectivity index (χ2n) is 1.40. The summed E-state index contributed by atoms with van der Waals surface area (Å²) >= 11 is 0. The summed E-state index contributed by atoms with van der Waals surface area (Å²) in [7, 11) is 0. The van der Waals surface area contributed by atoms with Crippen LogP contribution in [0.2, 0.25) is 0 Å². The Morgan fingerprint density at radius 2 is 2.60 bits per heavy atom. The third-order valence-electron chi connectivity index (χ3n) is 0.733. The van der Waals surface area contributed by atoms with E-state index in [0.29, 0.717) is 0 Å². The molecular weight excluding hydrogens is 136 g/mol. The molecule has 4 nitrogen and oxygen atoms in total. The van der Waals surface area contributed by atoms with Crippen molar-refractivity contribution in [3.8, 4) is 18.3 Å². The maximum absolute atomic E-state index is 10.2. The molecule has 0 bridgehead atoms. The Bertz CT molecular complexity index is 287. The van der Waals surface area contributed by atoms with Crippen LogP contribution in [-0.2, 0) is 0 Å². The first-order chi connectivity index (χ1) is 4.83. The van der Waals surface area contributed by atoms with Gasteiger partial charge in [0.05, 0.1) is 0 Å². The molecular formula is C6H4O4. The molecule has 1 aromatic heterocycles. The SMILES string of the molecule is C#CCOc1coc(=O)o1. The lowest BCUT2D eigenvalue weighted by atomic mass is 10.7. The van der Waals surface area contributed by atoms with Crippen molar-refractivity contribution in [3.63, 3.8) is 0 Å². The minimum absolute atomic E-state index is 0.00273. The van der Waals surface area contributed by atoms with E-state index >= 15 is 0 Å². The highest BCUT2D eigenvalue weighted by molar-refractivity contribution is 4.95. The van der Waals surface area contributed by atoms with E-state index in [1.165, 1.54) is 0 Å². The smallest absolute Gasteiger partial charge is 0.450 e. The van der Waals surface area contributed by atoms with Gasteiger partial charge in [0.15, 0.2) is 12.9 Å². The zero-order valence-corrected chi connectivity index (χ0v) is 4.99. The predicted octanol–water partition coefficient (Wildman–Crippen LogP) is 0.245. The predicted molar refractivity (Wildman–Crippen MR) is 31.6 cm³/mol. The number of terminal acetylenes is 1. The topological polar surface area (TPSA) is 52.6 Å². The van der Waals surface area contributed by atoms with Gasteiger partial charge in [-0.25, -0.2) is 4.79 Å². The third kappa shape index (κ3) is 1.42. The maximum Gasteiger partial charge on any atom is 0.521 e. The molecule has 0 unspecified atom stereocenters. The van der Waals surface area contributed by atoms with Crippen molar-refractivity contribution in [1.82, 2.24) is 0 Å². The fourth-order valence-electron chi connectivity index (χ4n) is 0.403. The van der Waals surface area contributed by atoms with Gasteiger partial charge >= 0.3 is 11.8 Å². The van der Waals surface area contributed by atoms with E-state index in [1.807, 2.05) is 0 Å². The normalized spacial score (nSPS) is 8.70. The van der Waals surface area contributed by atoms with E-state index in [1.54, 1.807) is 0 Å². The lowest BCUT2D eigenvalue weighted by molar-refractivity contribution is 0.262. The van der Waals surface area contributed by atoms with Crippen LogP contribution in [0, 0.1) is 12.3 Å². The van der Waals surface area contributed by atoms with Gasteiger partial charge in [-0.05, 0) is 0 Å². The lowest BCUT2D eigenvalue weighted by Gasteiger charge is -1.89. The largest absolute Gasteiger partial charge is 0.521 e.